The average molecular weight is 319 g/mol. The van der Waals surface area contributed by atoms with E-state index in [0.29, 0.717) is 10.6 Å². The zero-order valence-corrected chi connectivity index (χ0v) is 13.1. The Kier molecular flexibility index (Phi) is 4.29. The van der Waals surface area contributed by atoms with Crippen LogP contribution >= 0.6 is 11.3 Å². The minimum Gasteiger partial charge on any atom is -0.465 e. The molecule has 6 heteroatoms. The van der Waals surface area contributed by atoms with Crippen molar-refractivity contribution >= 4 is 28.2 Å². The Hall–Kier alpha value is -2.08. The van der Waals surface area contributed by atoms with Crippen LogP contribution < -0.4 is 5.32 Å². The second-order valence-corrected chi connectivity index (χ2v) is 6.30. The van der Waals surface area contributed by atoms with E-state index in [-0.39, 0.29) is 11.7 Å². The van der Waals surface area contributed by atoms with Gasteiger partial charge in [0, 0.05) is 4.88 Å². The molecular weight excluding hydrogens is 302 g/mol. The SMILES string of the molecule is COC(=O)c1c(NC(=O)c2ccco2)sc2c1CCCCC2. The third-order valence-electron chi connectivity index (χ3n) is 3.78. The van der Waals surface area contributed by atoms with Gasteiger partial charge in [0.2, 0.25) is 0 Å². The van der Waals surface area contributed by atoms with Gasteiger partial charge in [-0.2, -0.15) is 0 Å². The van der Waals surface area contributed by atoms with E-state index in [2.05, 4.69) is 5.32 Å². The third kappa shape index (κ3) is 2.78. The summed E-state index contributed by atoms with van der Waals surface area (Å²) in [5.74, 6) is -0.528. The summed E-state index contributed by atoms with van der Waals surface area (Å²) in [6.07, 6.45) is 6.57. The lowest BCUT2D eigenvalue weighted by Crippen LogP contribution is -2.14. The van der Waals surface area contributed by atoms with Crippen molar-refractivity contribution in [2.45, 2.75) is 32.1 Å². The summed E-state index contributed by atoms with van der Waals surface area (Å²) in [7, 11) is 1.36. The fraction of sp³-hybridized carbons (Fsp3) is 0.375. The average Bonchev–Trinajstić information content (AvgIpc) is 3.10. The Morgan fingerprint density at radius 2 is 2.09 bits per heavy atom. The van der Waals surface area contributed by atoms with Crippen molar-refractivity contribution in [3.05, 3.63) is 40.2 Å². The Morgan fingerprint density at radius 3 is 2.82 bits per heavy atom. The van der Waals surface area contributed by atoms with Crippen molar-refractivity contribution < 1.29 is 18.7 Å². The molecule has 0 spiro atoms. The lowest BCUT2D eigenvalue weighted by atomic mass is 10.1. The summed E-state index contributed by atoms with van der Waals surface area (Å²) >= 11 is 1.47. The largest absolute Gasteiger partial charge is 0.465 e. The Morgan fingerprint density at radius 1 is 1.27 bits per heavy atom. The fourth-order valence-corrected chi connectivity index (χ4v) is 3.99. The van der Waals surface area contributed by atoms with Crippen LogP contribution in [0, 0.1) is 0 Å². The molecule has 2 heterocycles. The number of furan rings is 1. The van der Waals surface area contributed by atoms with Crippen LogP contribution in [0.25, 0.3) is 0 Å². The van der Waals surface area contributed by atoms with Gasteiger partial charge in [-0.1, -0.05) is 6.42 Å². The van der Waals surface area contributed by atoms with Crippen LogP contribution in [0.1, 0.15) is 50.6 Å². The first-order chi connectivity index (χ1) is 10.7. The second-order valence-electron chi connectivity index (χ2n) is 5.19. The summed E-state index contributed by atoms with van der Waals surface area (Å²) in [4.78, 5) is 25.5. The Labute approximate surface area is 132 Å². The standard InChI is InChI=1S/C16H17NO4S/c1-20-16(19)13-10-6-3-2-4-8-12(10)22-15(13)17-14(18)11-7-5-9-21-11/h5,7,9H,2-4,6,8H2,1H3,(H,17,18). The van der Waals surface area contributed by atoms with Gasteiger partial charge in [0.15, 0.2) is 5.76 Å². The van der Waals surface area contributed by atoms with Crippen LogP contribution in [0.2, 0.25) is 0 Å². The molecule has 0 saturated heterocycles. The molecule has 0 fully saturated rings. The number of rotatable bonds is 3. The number of amides is 1. The number of carbonyl (C=O) groups excluding carboxylic acids is 2. The summed E-state index contributed by atoms with van der Waals surface area (Å²) in [6.45, 7) is 0. The van der Waals surface area contributed by atoms with Gasteiger partial charge in [0.25, 0.3) is 5.91 Å². The molecule has 0 radical (unpaired) electrons. The zero-order valence-electron chi connectivity index (χ0n) is 12.3. The number of esters is 1. The van der Waals surface area contributed by atoms with Gasteiger partial charge in [0.05, 0.1) is 18.9 Å². The molecule has 1 aliphatic carbocycles. The predicted molar refractivity (Wildman–Crippen MR) is 83.6 cm³/mol. The first kappa shape index (κ1) is 14.8. The van der Waals surface area contributed by atoms with Crippen molar-refractivity contribution in [2.75, 3.05) is 12.4 Å². The maximum absolute atomic E-state index is 12.2. The number of fused-ring (bicyclic) bond motifs is 1. The van der Waals surface area contributed by atoms with Crippen molar-refractivity contribution in [3.8, 4) is 0 Å². The summed E-state index contributed by atoms with van der Waals surface area (Å²) < 4.78 is 10.0. The molecule has 0 unspecified atom stereocenters. The van der Waals surface area contributed by atoms with E-state index < -0.39 is 5.97 Å². The molecule has 1 aliphatic rings. The van der Waals surface area contributed by atoms with Crippen LogP contribution in [0.4, 0.5) is 5.00 Å². The number of aryl methyl sites for hydroxylation is 1. The van der Waals surface area contributed by atoms with E-state index in [9.17, 15) is 9.59 Å². The highest BCUT2D eigenvalue weighted by Crippen LogP contribution is 2.38. The third-order valence-corrected chi connectivity index (χ3v) is 4.99. The van der Waals surface area contributed by atoms with Gasteiger partial charge < -0.3 is 14.5 Å². The quantitative estimate of drug-likeness (QED) is 0.692. The molecule has 5 nitrogen and oxygen atoms in total. The molecule has 116 valence electrons. The molecule has 0 aliphatic heterocycles. The van der Waals surface area contributed by atoms with Gasteiger partial charge in [-0.25, -0.2) is 4.79 Å². The molecule has 0 bridgehead atoms. The zero-order chi connectivity index (χ0) is 15.5. The van der Waals surface area contributed by atoms with Crippen LogP contribution in [0.5, 0.6) is 0 Å². The number of hydrogen-bond acceptors (Lipinski definition) is 5. The Bertz CT molecular complexity index is 687. The predicted octanol–water partition coefficient (Wildman–Crippen LogP) is 3.65. The van der Waals surface area contributed by atoms with E-state index in [1.807, 2.05) is 0 Å². The molecule has 0 saturated carbocycles. The number of ether oxygens (including phenoxy) is 1. The maximum Gasteiger partial charge on any atom is 0.341 e. The Balaban J connectivity index is 1.96. The van der Waals surface area contributed by atoms with E-state index in [4.69, 9.17) is 9.15 Å². The number of anilines is 1. The molecule has 1 amide bonds. The minimum absolute atomic E-state index is 0.222. The summed E-state index contributed by atoms with van der Waals surface area (Å²) in [5.41, 5.74) is 1.54. The molecule has 0 atom stereocenters. The molecule has 0 aromatic carbocycles. The topological polar surface area (TPSA) is 68.5 Å². The van der Waals surface area contributed by atoms with Crippen LogP contribution in [-0.2, 0) is 17.6 Å². The lowest BCUT2D eigenvalue weighted by Gasteiger charge is -2.06. The highest BCUT2D eigenvalue weighted by Gasteiger charge is 2.26. The first-order valence-electron chi connectivity index (χ1n) is 7.28. The fourth-order valence-electron chi connectivity index (χ4n) is 2.72. The molecule has 3 rings (SSSR count). The van der Waals surface area contributed by atoms with Gasteiger partial charge in [-0.05, 0) is 43.4 Å². The highest BCUT2D eigenvalue weighted by atomic mass is 32.1. The number of carbonyl (C=O) groups is 2. The van der Waals surface area contributed by atoms with Gasteiger partial charge in [0.1, 0.15) is 5.00 Å². The molecule has 1 N–H and O–H groups in total. The van der Waals surface area contributed by atoms with Crippen molar-refractivity contribution in [1.29, 1.82) is 0 Å². The summed E-state index contributed by atoms with van der Waals surface area (Å²) in [6, 6.07) is 3.24. The van der Waals surface area contributed by atoms with Gasteiger partial charge in [-0.15, -0.1) is 11.3 Å². The molecule has 2 aromatic rings. The molecule has 22 heavy (non-hydrogen) atoms. The van der Waals surface area contributed by atoms with Gasteiger partial charge >= 0.3 is 5.97 Å². The monoisotopic (exact) mass is 319 g/mol. The number of thiophene rings is 1. The van der Waals surface area contributed by atoms with E-state index in [1.54, 1.807) is 12.1 Å². The number of hydrogen-bond donors (Lipinski definition) is 1. The van der Waals surface area contributed by atoms with Crippen LogP contribution in [0.3, 0.4) is 0 Å². The van der Waals surface area contributed by atoms with Crippen molar-refractivity contribution in [2.24, 2.45) is 0 Å². The van der Waals surface area contributed by atoms with Crippen molar-refractivity contribution in [1.82, 2.24) is 0 Å². The highest BCUT2D eigenvalue weighted by molar-refractivity contribution is 7.17. The smallest absolute Gasteiger partial charge is 0.341 e. The normalized spacial score (nSPS) is 14.0. The molecule has 2 aromatic heterocycles. The van der Waals surface area contributed by atoms with E-state index >= 15 is 0 Å². The number of methoxy groups -OCH3 is 1. The van der Waals surface area contributed by atoms with Crippen LogP contribution in [0.15, 0.2) is 22.8 Å². The second kappa shape index (κ2) is 6.36. The maximum atomic E-state index is 12.2. The minimum atomic E-state index is -0.394. The lowest BCUT2D eigenvalue weighted by molar-refractivity contribution is 0.0601. The first-order valence-corrected chi connectivity index (χ1v) is 8.10. The number of nitrogens with one attached hydrogen (secondary N) is 1. The molecular formula is C16H17NO4S. The van der Waals surface area contributed by atoms with Gasteiger partial charge in [-0.3, -0.25) is 4.79 Å². The van der Waals surface area contributed by atoms with Crippen molar-refractivity contribution in [3.63, 3.8) is 0 Å². The van der Waals surface area contributed by atoms with Crippen LogP contribution in [-0.4, -0.2) is 19.0 Å². The van der Waals surface area contributed by atoms with E-state index in [0.717, 1.165) is 37.7 Å². The summed E-state index contributed by atoms with van der Waals surface area (Å²) in [5, 5.41) is 3.35. The van der Waals surface area contributed by atoms with E-state index in [1.165, 1.54) is 29.6 Å².